The quantitative estimate of drug-likeness (QED) is 0.312. The summed E-state index contributed by atoms with van der Waals surface area (Å²) in [5, 5.41) is 2.99. The molecule has 0 aliphatic carbocycles. The fourth-order valence-electron chi connectivity index (χ4n) is 4.77. The summed E-state index contributed by atoms with van der Waals surface area (Å²) in [4.78, 5) is 40.8. The van der Waals surface area contributed by atoms with Gasteiger partial charge in [-0.15, -0.1) is 0 Å². The Bertz CT molecular complexity index is 1320. The molecule has 0 fully saturated rings. The summed E-state index contributed by atoms with van der Waals surface area (Å²) in [5.41, 5.74) is 10.2. The van der Waals surface area contributed by atoms with Crippen LogP contribution in [-0.4, -0.2) is 30.1 Å². The molecule has 0 radical (unpaired) electrons. The topological polar surface area (TPSA) is 102 Å². The van der Waals surface area contributed by atoms with E-state index in [2.05, 4.69) is 29.6 Å². The van der Waals surface area contributed by atoms with E-state index in [1.54, 1.807) is 25.7 Å². The highest BCUT2D eigenvalue weighted by Crippen LogP contribution is 2.26. The Morgan fingerprint density at radius 1 is 0.925 bits per heavy atom. The lowest BCUT2D eigenvalue weighted by atomic mass is 9.93. The molecular weight excluding hydrogens is 502 g/mol. The lowest BCUT2D eigenvalue weighted by Gasteiger charge is -2.31. The third kappa shape index (κ3) is 8.43. The zero-order valence-electron chi connectivity index (χ0n) is 24.4. The van der Waals surface area contributed by atoms with Crippen LogP contribution in [0.3, 0.4) is 0 Å². The Kier molecular flexibility index (Phi) is 10.1. The largest absolute Gasteiger partial charge is 0.444 e. The Balaban J connectivity index is 1.93. The highest BCUT2D eigenvalue weighted by atomic mass is 16.6. The summed E-state index contributed by atoms with van der Waals surface area (Å²) in [6.45, 7) is 11.7. The first-order chi connectivity index (χ1) is 18.9. The second kappa shape index (κ2) is 13.3. The minimum absolute atomic E-state index is 0.227. The summed E-state index contributed by atoms with van der Waals surface area (Å²) in [6, 6.07) is 22.6. The van der Waals surface area contributed by atoms with Crippen molar-refractivity contribution in [2.45, 2.75) is 66.0 Å². The van der Waals surface area contributed by atoms with Crippen LogP contribution in [0, 0.1) is 26.7 Å². The zero-order valence-corrected chi connectivity index (χ0v) is 24.4. The van der Waals surface area contributed by atoms with Crippen LogP contribution in [0.1, 0.15) is 61.1 Å². The highest BCUT2D eigenvalue weighted by molar-refractivity contribution is 6.00. The van der Waals surface area contributed by atoms with Crippen LogP contribution >= 0.6 is 0 Å². The predicted molar refractivity (Wildman–Crippen MR) is 159 cm³/mol. The molecule has 3 aromatic carbocycles. The Morgan fingerprint density at radius 2 is 1.57 bits per heavy atom. The molecule has 2 unspecified atom stereocenters. The van der Waals surface area contributed by atoms with Crippen LogP contribution in [0.15, 0.2) is 72.8 Å². The normalized spacial score (nSPS) is 12.8. The number of hydrogen-bond donors (Lipinski definition) is 2. The van der Waals surface area contributed by atoms with E-state index in [4.69, 9.17) is 10.5 Å². The fraction of sp³-hybridized carbons (Fsp3) is 0.364. The molecule has 0 saturated heterocycles. The lowest BCUT2D eigenvalue weighted by Crippen LogP contribution is -2.46. The van der Waals surface area contributed by atoms with Crippen molar-refractivity contribution < 1.29 is 19.1 Å². The number of carbonyl (C=O) groups is 3. The van der Waals surface area contributed by atoms with Crippen molar-refractivity contribution in [2.24, 2.45) is 11.7 Å². The number of carbonyl (C=O) groups excluding carboxylic acids is 3. The van der Waals surface area contributed by atoms with Crippen LogP contribution in [-0.2, 0) is 20.7 Å². The molecule has 3 aromatic rings. The number of ether oxygens (including phenoxy) is 1. The van der Waals surface area contributed by atoms with E-state index in [9.17, 15) is 14.4 Å². The molecule has 0 aromatic heterocycles. The number of nitrogens with one attached hydrogen (secondary N) is 1. The molecule has 212 valence electrons. The van der Waals surface area contributed by atoms with E-state index < -0.39 is 23.7 Å². The monoisotopic (exact) mass is 543 g/mol. The van der Waals surface area contributed by atoms with Gasteiger partial charge in [0.2, 0.25) is 5.91 Å². The minimum Gasteiger partial charge on any atom is -0.444 e. The molecule has 0 spiro atoms. The highest BCUT2D eigenvalue weighted by Gasteiger charge is 2.33. The van der Waals surface area contributed by atoms with Gasteiger partial charge in [0.05, 0.1) is 0 Å². The molecule has 7 nitrogen and oxygen atoms in total. The van der Waals surface area contributed by atoms with Crippen LogP contribution in [0.4, 0.5) is 10.5 Å². The van der Waals surface area contributed by atoms with E-state index in [1.807, 2.05) is 69.3 Å². The van der Waals surface area contributed by atoms with Gasteiger partial charge in [-0.3, -0.25) is 9.59 Å². The van der Waals surface area contributed by atoms with Crippen LogP contribution in [0.2, 0.25) is 0 Å². The van der Waals surface area contributed by atoms with Crippen LogP contribution < -0.4 is 16.0 Å². The first kappa shape index (κ1) is 30.4. The van der Waals surface area contributed by atoms with Crippen molar-refractivity contribution in [2.75, 3.05) is 11.4 Å². The van der Waals surface area contributed by atoms with Crippen molar-refractivity contribution in [1.82, 2.24) is 5.32 Å². The molecule has 3 amide bonds. The zero-order chi connectivity index (χ0) is 29.4. The Hall–Kier alpha value is -4.13. The number of rotatable bonds is 11. The van der Waals surface area contributed by atoms with Gasteiger partial charge in [0.1, 0.15) is 11.6 Å². The van der Waals surface area contributed by atoms with E-state index in [1.165, 1.54) is 5.56 Å². The molecule has 3 N–H and O–H groups in total. The second-order valence-electron chi connectivity index (χ2n) is 11.1. The third-order valence-corrected chi connectivity index (χ3v) is 7.10. The molecule has 40 heavy (non-hydrogen) atoms. The Labute approximate surface area is 237 Å². The van der Waals surface area contributed by atoms with Gasteiger partial charge in [-0.2, -0.15) is 0 Å². The van der Waals surface area contributed by atoms with Gasteiger partial charge < -0.3 is 20.7 Å². The number of nitrogens with zero attached hydrogens (tertiary/aromatic N) is 1. The average molecular weight is 544 g/mol. The number of nitrogens with two attached hydrogens (primary N) is 1. The first-order valence-electron chi connectivity index (χ1n) is 13.6. The lowest BCUT2D eigenvalue weighted by molar-refractivity contribution is -0.131. The van der Waals surface area contributed by atoms with Crippen molar-refractivity contribution in [1.29, 1.82) is 0 Å². The number of anilines is 1. The van der Waals surface area contributed by atoms with Crippen molar-refractivity contribution >= 4 is 23.6 Å². The van der Waals surface area contributed by atoms with Gasteiger partial charge in [-0.25, -0.2) is 4.79 Å². The van der Waals surface area contributed by atoms with Gasteiger partial charge in [0.15, 0.2) is 0 Å². The maximum Gasteiger partial charge on any atom is 0.405 e. The molecule has 2 atom stereocenters. The maximum absolute atomic E-state index is 14.3. The summed E-state index contributed by atoms with van der Waals surface area (Å²) >= 11 is 0. The number of amides is 3. The van der Waals surface area contributed by atoms with E-state index >= 15 is 0 Å². The van der Waals surface area contributed by atoms with Crippen molar-refractivity contribution in [3.63, 3.8) is 0 Å². The SMILES string of the molecule is Cc1ccc(CCN(C(=O)C(NC(=O)C(C)CC(C)(C)OC(N)=O)c2ccccc2)c2ccc(C)c(C)c2)cc1. The molecule has 0 saturated carbocycles. The van der Waals surface area contributed by atoms with E-state index in [-0.39, 0.29) is 18.2 Å². The number of benzene rings is 3. The van der Waals surface area contributed by atoms with Gasteiger partial charge >= 0.3 is 6.09 Å². The van der Waals surface area contributed by atoms with Gasteiger partial charge in [-0.1, -0.05) is 73.2 Å². The molecule has 0 bridgehead atoms. The standard InChI is InChI=1S/C33H41N3O4/c1-22-12-15-26(16-13-22)18-19-36(28-17-14-23(2)24(3)20-28)31(38)29(27-10-8-7-9-11-27)35-30(37)25(4)21-33(5,6)40-32(34)39/h7-17,20,25,29H,18-19,21H2,1-6H3,(H2,34,39)(H,35,37). The van der Waals surface area contributed by atoms with E-state index in [0.29, 0.717) is 18.5 Å². The van der Waals surface area contributed by atoms with Crippen molar-refractivity contribution in [3.05, 3.63) is 101 Å². The van der Waals surface area contributed by atoms with Crippen LogP contribution in [0.25, 0.3) is 0 Å². The summed E-state index contributed by atoms with van der Waals surface area (Å²) in [7, 11) is 0. The number of hydrogen-bond acceptors (Lipinski definition) is 4. The second-order valence-corrected chi connectivity index (χ2v) is 11.1. The molecule has 3 rings (SSSR count). The molecule has 0 heterocycles. The Morgan fingerprint density at radius 3 is 2.17 bits per heavy atom. The van der Waals surface area contributed by atoms with Gasteiger partial charge in [0, 0.05) is 18.2 Å². The summed E-state index contributed by atoms with van der Waals surface area (Å²) < 4.78 is 5.18. The smallest absolute Gasteiger partial charge is 0.405 e. The average Bonchev–Trinajstić information content (AvgIpc) is 2.89. The minimum atomic E-state index is -0.936. The first-order valence-corrected chi connectivity index (χ1v) is 13.6. The summed E-state index contributed by atoms with van der Waals surface area (Å²) in [5.74, 6) is -1.09. The number of primary amides is 1. The van der Waals surface area contributed by atoms with Crippen LogP contribution in [0.5, 0.6) is 0 Å². The molecule has 0 aliphatic heterocycles. The predicted octanol–water partition coefficient (Wildman–Crippen LogP) is 5.95. The summed E-state index contributed by atoms with van der Waals surface area (Å²) in [6.07, 6.45) is 0.00225. The van der Waals surface area contributed by atoms with E-state index in [0.717, 1.165) is 22.4 Å². The van der Waals surface area contributed by atoms with Gasteiger partial charge in [0.25, 0.3) is 5.91 Å². The maximum atomic E-state index is 14.3. The molecule has 7 heteroatoms. The van der Waals surface area contributed by atoms with Gasteiger partial charge in [-0.05, 0) is 81.8 Å². The molecule has 0 aliphatic rings. The molecular formula is C33H41N3O4. The number of aryl methyl sites for hydroxylation is 3. The van der Waals surface area contributed by atoms with Crippen molar-refractivity contribution in [3.8, 4) is 0 Å². The fourth-order valence-corrected chi connectivity index (χ4v) is 4.77. The third-order valence-electron chi connectivity index (χ3n) is 7.10.